The van der Waals surface area contributed by atoms with E-state index in [0.717, 1.165) is 12.2 Å². The molecule has 140 valence electrons. The first kappa shape index (κ1) is 20.0. The quantitative estimate of drug-likeness (QED) is 0.631. The zero-order chi connectivity index (χ0) is 19.8. The minimum Gasteiger partial charge on any atom is -0.479 e. The molecule has 2 aromatic rings. The van der Waals surface area contributed by atoms with Crippen LogP contribution in [-0.2, 0) is 14.4 Å². The van der Waals surface area contributed by atoms with Crippen molar-refractivity contribution in [2.24, 2.45) is 0 Å². The first-order chi connectivity index (χ1) is 12.8. The van der Waals surface area contributed by atoms with Crippen molar-refractivity contribution >= 4 is 40.8 Å². The molecule has 27 heavy (non-hydrogen) atoms. The van der Waals surface area contributed by atoms with Crippen LogP contribution in [0.2, 0.25) is 5.02 Å². The zero-order valence-electron chi connectivity index (χ0n) is 14.3. The first-order valence-corrected chi connectivity index (χ1v) is 8.27. The van der Waals surface area contributed by atoms with Gasteiger partial charge in [-0.1, -0.05) is 23.7 Å². The molecule has 0 saturated heterocycles. The molecule has 1 unspecified atom stereocenters. The minimum atomic E-state index is -1.21. The Bertz CT molecular complexity index is 865. The monoisotopic (exact) mass is 388 g/mol. The van der Waals surface area contributed by atoms with Crippen LogP contribution in [0, 0.1) is 0 Å². The molecule has 0 aromatic heterocycles. The number of carbonyl (C=O) groups is 3. The van der Waals surface area contributed by atoms with Gasteiger partial charge in [0, 0.05) is 23.5 Å². The van der Waals surface area contributed by atoms with Crippen LogP contribution in [0.1, 0.15) is 6.92 Å². The highest BCUT2D eigenvalue weighted by molar-refractivity contribution is 6.32. The summed E-state index contributed by atoms with van der Waals surface area (Å²) in [5, 5.41) is 14.1. The van der Waals surface area contributed by atoms with Gasteiger partial charge in [-0.15, -0.1) is 0 Å². The number of aliphatic carboxylic acids is 1. The number of hydrogen-bond acceptors (Lipinski definition) is 4. The maximum atomic E-state index is 12.2. The molecule has 0 aliphatic heterocycles. The number of benzene rings is 2. The Labute approximate surface area is 160 Å². The number of ether oxygens (including phenoxy) is 1. The fourth-order valence-electron chi connectivity index (χ4n) is 2.00. The maximum Gasteiger partial charge on any atom is 0.328 e. The van der Waals surface area contributed by atoms with E-state index in [-0.39, 0.29) is 5.91 Å². The van der Waals surface area contributed by atoms with Gasteiger partial charge in [0.05, 0.1) is 5.02 Å². The Hall–Kier alpha value is -3.32. The predicted molar refractivity (Wildman–Crippen MR) is 102 cm³/mol. The summed E-state index contributed by atoms with van der Waals surface area (Å²) in [6, 6.07) is 13.2. The van der Waals surface area contributed by atoms with Gasteiger partial charge in [-0.25, -0.2) is 4.79 Å². The second kappa shape index (κ2) is 9.40. The molecule has 0 heterocycles. The third-order valence-corrected chi connectivity index (χ3v) is 3.62. The van der Waals surface area contributed by atoms with Gasteiger partial charge in [0.2, 0.25) is 5.91 Å². The van der Waals surface area contributed by atoms with E-state index in [2.05, 4.69) is 10.6 Å². The van der Waals surface area contributed by atoms with Gasteiger partial charge in [-0.2, -0.15) is 0 Å². The van der Waals surface area contributed by atoms with Gasteiger partial charge in [0.25, 0.3) is 5.91 Å². The molecule has 8 heteroatoms. The highest BCUT2D eigenvalue weighted by Gasteiger charge is 2.16. The molecule has 1 atom stereocenters. The van der Waals surface area contributed by atoms with Crippen molar-refractivity contribution in [2.75, 3.05) is 10.6 Å². The van der Waals surface area contributed by atoms with E-state index in [1.165, 1.54) is 0 Å². The van der Waals surface area contributed by atoms with Crippen LogP contribution >= 0.6 is 11.6 Å². The van der Waals surface area contributed by atoms with E-state index in [1.54, 1.807) is 55.5 Å². The summed E-state index contributed by atoms with van der Waals surface area (Å²) in [6.45, 7) is 1.60. The van der Waals surface area contributed by atoms with Crippen LogP contribution in [0.3, 0.4) is 0 Å². The van der Waals surface area contributed by atoms with Crippen molar-refractivity contribution < 1.29 is 24.2 Å². The van der Waals surface area contributed by atoms with Gasteiger partial charge in [0.15, 0.2) is 6.10 Å². The number of carboxylic acids is 1. The molecule has 0 bridgehead atoms. The molecule has 0 aliphatic carbocycles. The number of rotatable bonds is 7. The second-order valence-electron chi connectivity index (χ2n) is 5.42. The number of amides is 2. The Morgan fingerprint density at radius 1 is 1.00 bits per heavy atom. The average Bonchev–Trinajstić information content (AvgIpc) is 2.63. The third-order valence-electron chi connectivity index (χ3n) is 3.31. The lowest BCUT2D eigenvalue weighted by Gasteiger charge is -2.15. The summed E-state index contributed by atoms with van der Waals surface area (Å²) in [5.41, 5.74) is 0.960. The lowest BCUT2D eigenvalue weighted by molar-refractivity contribution is -0.131. The molecule has 0 saturated carbocycles. The molecule has 0 aliphatic rings. The van der Waals surface area contributed by atoms with E-state index in [4.69, 9.17) is 21.4 Å². The number of anilines is 2. The van der Waals surface area contributed by atoms with Crippen molar-refractivity contribution in [1.29, 1.82) is 0 Å². The topological polar surface area (TPSA) is 105 Å². The average molecular weight is 389 g/mol. The van der Waals surface area contributed by atoms with Crippen molar-refractivity contribution in [1.82, 2.24) is 0 Å². The van der Waals surface area contributed by atoms with Crippen LogP contribution in [0.4, 0.5) is 11.4 Å². The van der Waals surface area contributed by atoms with Gasteiger partial charge in [-0.05, 0) is 43.3 Å². The van der Waals surface area contributed by atoms with Crippen LogP contribution in [-0.4, -0.2) is 29.0 Å². The Morgan fingerprint density at radius 2 is 1.59 bits per heavy atom. The fourth-order valence-corrected chi connectivity index (χ4v) is 2.18. The van der Waals surface area contributed by atoms with E-state index in [1.807, 2.05) is 0 Å². The highest BCUT2D eigenvalue weighted by Crippen LogP contribution is 2.24. The van der Waals surface area contributed by atoms with Crippen molar-refractivity contribution in [3.8, 4) is 5.75 Å². The fraction of sp³-hybridized carbons (Fsp3) is 0.105. The SMILES string of the molecule is CC(Oc1ccccc1Cl)C(=O)Nc1ccc(NC(=O)/C=C/C(=O)O)cc1. The molecule has 0 radical (unpaired) electrons. The Morgan fingerprint density at radius 3 is 2.19 bits per heavy atom. The Kier molecular flexibility index (Phi) is 6.96. The molecule has 2 aromatic carbocycles. The summed E-state index contributed by atoms with van der Waals surface area (Å²) >= 11 is 6.00. The van der Waals surface area contributed by atoms with Crippen molar-refractivity contribution in [3.63, 3.8) is 0 Å². The molecule has 0 spiro atoms. The van der Waals surface area contributed by atoms with Crippen molar-refractivity contribution in [2.45, 2.75) is 13.0 Å². The molecule has 2 rings (SSSR count). The normalized spacial score (nSPS) is 11.6. The molecule has 7 nitrogen and oxygen atoms in total. The summed E-state index contributed by atoms with van der Waals surface area (Å²) in [4.78, 5) is 34.1. The van der Waals surface area contributed by atoms with E-state index >= 15 is 0 Å². The van der Waals surface area contributed by atoms with Crippen LogP contribution < -0.4 is 15.4 Å². The number of nitrogens with one attached hydrogen (secondary N) is 2. The lowest BCUT2D eigenvalue weighted by atomic mass is 10.2. The summed E-state index contributed by atoms with van der Waals surface area (Å²) in [6.07, 6.45) is 0.876. The number of para-hydroxylation sites is 1. The van der Waals surface area contributed by atoms with E-state index in [9.17, 15) is 14.4 Å². The summed E-state index contributed by atoms with van der Waals surface area (Å²) < 4.78 is 5.55. The van der Waals surface area contributed by atoms with Gasteiger partial charge >= 0.3 is 5.97 Å². The molecular formula is C19H17ClN2O5. The van der Waals surface area contributed by atoms with E-state index in [0.29, 0.717) is 22.1 Å². The highest BCUT2D eigenvalue weighted by atomic mass is 35.5. The zero-order valence-corrected chi connectivity index (χ0v) is 15.1. The summed E-state index contributed by atoms with van der Waals surface area (Å²) in [5.74, 6) is -1.74. The number of halogens is 1. The molecule has 0 fully saturated rings. The van der Waals surface area contributed by atoms with Crippen LogP contribution in [0.5, 0.6) is 5.75 Å². The number of carbonyl (C=O) groups excluding carboxylic acids is 2. The molecule has 3 N–H and O–H groups in total. The van der Waals surface area contributed by atoms with Crippen molar-refractivity contribution in [3.05, 3.63) is 65.7 Å². The first-order valence-electron chi connectivity index (χ1n) is 7.89. The predicted octanol–water partition coefficient (Wildman–Crippen LogP) is 3.33. The smallest absolute Gasteiger partial charge is 0.328 e. The van der Waals surface area contributed by atoms with E-state index < -0.39 is 18.0 Å². The maximum absolute atomic E-state index is 12.2. The van der Waals surface area contributed by atoms with Gasteiger partial charge in [-0.3, -0.25) is 9.59 Å². The molecule has 2 amide bonds. The summed E-state index contributed by atoms with van der Waals surface area (Å²) in [7, 11) is 0. The molecular weight excluding hydrogens is 372 g/mol. The third kappa shape index (κ3) is 6.48. The second-order valence-corrected chi connectivity index (χ2v) is 5.83. The Balaban J connectivity index is 1.91. The number of hydrogen-bond donors (Lipinski definition) is 3. The van der Waals surface area contributed by atoms with Gasteiger partial charge < -0.3 is 20.5 Å². The largest absolute Gasteiger partial charge is 0.479 e. The lowest BCUT2D eigenvalue weighted by Crippen LogP contribution is -2.30. The number of carboxylic acid groups (broad SMARTS) is 1. The minimum absolute atomic E-state index is 0.365. The standard InChI is InChI=1S/C19H17ClN2O5/c1-12(27-16-5-3-2-4-15(16)20)19(26)22-14-8-6-13(7-9-14)21-17(23)10-11-18(24)25/h2-12H,1H3,(H,21,23)(H,22,26)(H,24,25)/b11-10+. The van der Waals surface area contributed by atoms with Gasteiger partial charge in [0.1, 0.15) is 5.75 Å². The van der Waals surface area contributed by atoms with Crippen LogP contribution in [0.15, 0.2) is 60.7 Å². The van der Waals surface area contributed by atoms with Crippen LogP contribution in [0.25, 0.3) is 0 Å².